The van der Waals surface area contributed by atoms with Crippen molar-refractivity contribution in [1.82, 2.24) is 4.98 Å². The minimum absolute atomic E-state index is 0.268. The summed E-state index contributed by atoms with van der Waals surface area (Å²) >= 11 is 0. The SMILES string of the molecule is O=C(Nc1ccncc1)Nc1ccc(C(F)(F)F)cc1. The number of benzene rings is 1. The summed E-state index contributed by atoms with van der Waals surface area (Å²) in [4.78, 5) is 15.4. The van der Waals surface area contributed by atoms with E-state index in [-0.39, 0.29) is 5.69 Å². The first-order valence-corrected chi connectivity index (χ1v) is 5.60. The van der Waals surface area contributed by atoms with Gasteiger partial charge in [-0.1, -0.05) is 0 Å². The number of pyridine rings is 1. The first kappa shape index (κ1) is 13.9. The fourth-order valence-corrected chi connectivity index (χ4v) is 1.47. The van der Waals surface area contributed by atoms with Gasteiger partial charge in [-0.2, -0.15) is 13.2 Å². The molecule has 0 aliphatic rings. The van der Waals surface area contributed by atoms with E-state index >= 15 is 0 Å². The Balaban J connectivity index is 1.98. The van der Waals surface area contributed by atoms with Gasteiger partial charge in [0.25, 0.3) is 0 Å². The van der Waals surface area contributed by atoms with E-state index in [0.29, 0.717) is 5.69 Å². The van der Waals surface area contributed by atoms with E-state index in [9.17, 15) is 18.0 Å². The Kier molecular flexibility index (Phi) is 3.88. The van der Waals surface area contributed by atoms with Gasteiger partial charge in [0, 0.05) is 23.8 Å². The number of nitrogens with zero attached hydrogens (tertiary/aromatic N) is 1. The van der Waals surface area contributed by atoms with E-state index in [0.717, 1.165) is 12.1 Å². The van der Waals surface area contributed by atoms with Crippen molar-refractivity contribution in [2.24, 2.45) is 0 Å². The van der Waals surface area contributed by atoms with Crippen molar-refractivity contribution in [3.63, 3.8) is 0 Å². The van der Waals surface area contributed by atoms with Crippen molar-refractivity contribution >= 4 is 17.4 Å². The summed E-state index contributed by atoms with van der Waals surface area (Å²) in [7, 11) is 0. The molecule has 20 heavy (non-hydrogen) atoms. The number of nitrogens with one attached hydrogen (secondary N) is 2. The first-order chi connectivity index (χ1) is 9.45. The second kappa shape index (κ2) is 5.60. The highest BCUT2D eigenvalue weighted by molar-refractivity contribution is 5.99. The molecule has 7 heteroatoms. The second-order valence-electron chi connectivity index (χ2n) is 3.89. The van der Waals surface area contributed by atoms with E-state index in [1.54, 1.807) is 12.1 Å². The lowest BCUT2D eigenvalue weighted by atomic mass is 10.2. The Morgan fingerprint density at radius 3 is 1.90 bits per heavy atom. The van der Waals surface area contributed by atoms with Gasteiger partial charge in [0.15, 0.2) is 0 Å². The number of anilines is 2. The Hall–Kier alpha value is -2.57. The van der Waals surface area contributed by atoms with E-state index in [1.807, 2.05) is 0 Å². The third-order valence-corrected chi connectivity index (χ3v) is 2.41. The highest BCUT2D eigenvalue weighted by atomic mass is 19.4. The molecular formula is C13H10F3N3O. The fourth-order valence-electron chi connectivity index (χ4n) is 1.47. The minimum Gasteiger partial charge on any atom is -0.308 e. The highest BCUT2D eigenvalue weighted by Gasteiger charge is 2.29. The third-order valence-electron chi connectivity index (χ3n) is 2.41. The molecule has 0 saturated carbocycles. The number of urea groups is 1. The van der Waals surface area contributed by atoms with Gasteiger partial charge in [0.2, 0.25) is 0 Å². The smallest absolute Gasteiger partial charge is 0.308 e. The average molecular weight is 281 g/mol. The summed E-state index contributed by atoms with van der Waals surface area (Å²) in [6, 6.07) is 6.82. The van der Waals surface area contributed by atoms with E-state index in [1.165, 1.54) is 24.5 Å². The van der Waals surface area contributed by atoms with Gasteiger partial charge in [-0.15, -0.1) is 0 Å². The van der Waals surface area contributed by atoms with Crippen LogP contribution in [0, 0.1) is 0 Å². The number of halogens is 3. The molecule has 2 N–H and O–H groups in total. The molecular weight excluding hydrogens is 271 g/mol. The van der Waals surface area contributed by atoms with Crippen LogP contribution in [0.25, 0.3) is 0 Å². The molecule has 0 spiro atoms. The third kappa shape index (κ3) is 3.71. The van der Waals surface area contributed by atoms with Gasteiger partial charge in [-0.25, -0.2) is 4.79 Å². The molecule has 4 nitrogen and oxygen atoms in total. The molecule has 0 bridgehead atoms. The van der Waals surface area contributed by atoms with Crippen molar-refractivity contribution in [2.75, 3.05) is 10.6 Å². The van der Waals surface area contributed by atoms with Gasteiger partial charge in [0.05, 0.1) is 5.56 Å². The first-order valence-electron chi connectivity index (χ1n) is 5.60. The van der Waals surface area contributed by atoms with Crippen molar-refractivity contribution < 1.29 is 18.0 Å². The van der Waals surface area contributed by atoms with Crippen LogP contribution in [0.4, 0.5) is 29.3 Å². The van der Waals surface area contributed by atoms with Gasteiger partial charge >= 0.3 is 12.2 Å². The monoisotopic (exact) mass is 281 g/mol. The number of rotatable bonds is 2. The molecule has 1 aromatic heterocycles. The van der Waals surface area contributed by atoms with Crippen LogP contribution in [0.3, 0.4) is 0 Å². The molecule has 0 saturated heterocycles. The lowest BCUT2D eigenvalue weighted by molar-refractivity contribution is -0.137. The zero-order valence-electron chi connectivity index (χ0n) is 10.1. The maximum absolute atomic E-state index is 12.4. The molecule has 104 valence electrons. The van der Waals surface area contributed by atoms with Crippen LogP contribution in [0.5, 0.6) is 0 Å². The molecule has 0 atom stereocenters. The summed E-state index contributed by atoms with van der Waals surface area (Å²) in [5.41, 5.74) is 0.0339. The fraction of sp³-hybridized carbons (Fsp3) is 0.0769. The molecule has 0 fully saturated rings. The summed E-state index contributed by atoms with van der Waals surface area (Å²) in [6.07, 6.45) is -1.38. The maximum atomic E-state index is 12.4. The molecule has 1 heterocycles. The number of aromatic nitrogens is 1. The molecule has 2 rings (SSSR count). The van der Waals surface area contributed by atoms with Gasteiger partial charge in [-0.05, 0) is 36.4 Å². The molecule has 0 aliphatic carbocycles. The molecule has 0 aliphatic heterocycles. The predicted molar refractivity (Wildman–Crippen MR) is 68.3 cm³/mol. The van der Waals surface area contributed by atoms with Crippen LogP contribution >= 0.6 is 0 Å². The molecule has 1 aromatic carbocycles. The van der Waals surface area contributed by atoms with E-state index < -0.39 is 17.8 Å². The van der Waals surface area contributed by atoms with Crippen LogP contribution in [0.1, 0.15) is 5.56 Å². The van der Waals surface area contributed by atoms with E-state index in [2.05, 4.69) is 15.6 Å². The zero-order chi connectivity index (χ0) is 14.6. The Morgan fingerprint density at radius 2 is 1.40 bits per heavy atom. The van der Waals surface area contributed by atoms with Gasteiger partial charge < -0.3 is 10.6 Å². The standard InChI is InChI=1S/C13H10F3N3O/c14-13(15,16)9-1-3-10(4-2-9)18-12(20)19-11-5-7-17-8-6-11/h1-8H,(H2,17,18,19,20). The van der Waals surface area contributed by atoms with Crippen LogP contribution < -0.4 is 10.6 Å². The number of carbonyl (C=O) groups is 1. The van der Waals surface area contributed by atoms with Crippen LogP contribution in [-0.2, 0) is 6.18 Å². The lowest BCUT2D eigenvalue weighted by Crippen LogP contribution is -2.19. The number of hydrogen-bond donors (Lipinski definition) is 2. The van der Waals surface area contributed by atoms with E-state index in [4.69, 9.17) is 0 Å². The number of carbonyl (C=O) groups excluding carboxylic acids is 1. The van der Waals surface area contributed by atoms with Crippen LogP contribution in [0.15, 0.2) is 48.8 Å². The predicted octanol–water partition coefficient (Wildman–Crippen LogP) is 3.74. The maximum Gasteiger partial charge on any atom is 0.416 e. The Bertz CT molecular complexity index is 582. The molecule has 0 unspecified atom stereocenters. The summed E-state index contributed by atoms with van der Waals surface area (Å²) in [5, 5.41) is 4.95. The molecule has 0 radical (unpaired) electrons. The lowest BCUT2D eigenvalue weighted by Gasteiger charge is -2.09. The average Bonchev–Trinajstić information content (AvgIpc) is 2.39. The second-order valence-corrected chi connectivity index (χ2v) is 3.89. The Labute approximate surface area is 112 Å². The number of hydrogen-bond acceptors (Lipinski definition) is 2. The highest BCUT2D eigenvalue weighted by Crippen LogP contribution is 2.29. The van der Waals surface area contributed by atoms with Gasteiger partial charge in [-0.3, -0.25) is 4.98 Å². The minimum atomic E-state index is -4.39. The number of amides is 2. The van der Waals surface area contributed by atoms with Crippen LogP contribution in [0.2, 0.25) is 0 Å². The van der Waals surface area contributed by atoms with Crippen molar-refractivity contribution in [3.05, 3.63) is 54.4 Å². The number of alkyl halides is 3. The molecule has 2 aromatic rings. The van der Waals surface area contributed by atoms with Crippen molar-refractivity contribution in [3.8, 4) is 0 Å². The van der Waals surface area contributed by atoms with Crippen LogP contribution in [-0.4, -0.2) is 11.0 Å². The Morgan fingerprint density at radius 1 is 0.900 bits per heavy atom. The zero-order valence-corrected chi connectivity index (χ0v) is 10.1. The quantitative estimate of drug-likeness (QED) is 0.881. The van der Waals surface area contributed by atoms with Crippen molar-refractivity contribution in [1.29, 1.82) is 0 Å². The normalized spacial score (nSPS) is 10.9. The summed E-state index contributed by atoms with van der Waals surface area (Å²) in [6.45, 7) is 0. The largest absolute Gasteiger partial charge is 0.416 e. The topological polar surface area (TPSA) is 54.0 Å². The summed E-state index contributed by atoms with van der Waals surface area (Å²) in [5.74, 6) is 0. The summed E-state index contributed by atoms with van der Waals surface area (Å²) < 4.78 is 37.1. The van der Waals surface area contributed by atoms with Crippen molar-refractivity contribution in [2.45, 2.75) is 6.18 Å². The van der Waals surface area contributed by atoms with Gasteiger partial charge in [0.1, 0.15) is 0 Å². The molecule has 2 amide bonds.